The lowest BCUT2D eigenvalue weighted by molar-refractivity contribution is 0.0963. The Bertz CT molecular complexity index is 957. The van der Waals surface area contributed by atoms with Gasteiger partial charge in [-0.2, -0.15) is 0 Å². The summed E-state index contributed by atoms with van der Waals surface area (Å²) in [5.74, 6) is -0.135. The number of hydrogen-bond donors (Lipinski definition) is 2. The molecule has 0 saturated carbocycles. The van der Waals surface area contributed by atoms with Crippen LogP contribution >= 0.6 is 12.2 Å². The number of carbonyl (C=O) groups is 1. The summed E-state index contributed by atoms with van der Waals surface area (Å²) >= 11 is 5.42. The van der Waals surface area contributed by atoms with Gasteiger partial charge < -0.3 is 15.5 Å². The van der Waals surface area contributed by atoms with Crippen LogP contribution in [0, 0.1) is 0 Å². The largest absolute Gasteiger partial charge is 0.355 e. The lowest BCUT2D eigenvalue weighted by atomic mass is 10.1. The quantitative estimate of drug-likeness (QED) is 0.697. The number of rotatable bonds is 6. The van der Waals surface area contributed by atoms with Crippen molar-refractivity contribution in [3.63, 3.8) is 0 Å². The Labute approximate surface area is 171 Å². The second-order valence-electron chi connectivity index (χ2n) is 6.38. The van der Waals surface area contributed by atoms with Gasteiger partial charge in [0.2, 0.25) is 10.0 Å². The molecule has 2 rings (SSSR count). The molecule has 2 aromatic rings. The van der Waals surface area contributed by atoms with Crippen LogP contribution in [-0.4, -0.2) is 56.8 Å². The number of amides is 1. The molecular formula is C19H24N4O3S2. The number of hydrogen-bond acceptors (Lipinski definition) is 4. The van der Waals surface area contributed by atoms with Crippen LogP contribution in [-0.2, 0) is 16.6 Å². The summed E-state index contributed by atoms with van der Waals surface area (Å²) in [6, 6.07) is 13.8. The molecule has 7 nitrogen and oxygen atoms in total. The van der Waals surface area contributed by atoms with E-state index >= 15 is 0 Å². The van der Waals surface area contributed by atoms with Crippen molar-refractivity contribution in [3.8, 4) is 0 Å². The maximum absolute atomic E-state index is 12.3. The van der Waals surface area contributed by atoms with E-state index in [0.717, 1.165) is 5.56 Å². The molecule has 0 aromatic heterocycles. The van der Waals surface area contributed by atoms with Gasteiger partial charge in [-0.15, -0.1) is 0 Å². The molecular weight excluding hydrogens is 396 g/mol. The Morgan fingerprint density at radius 1 is 1.07 bits per heavy atom. The number of carbonyl (C=O) groups excluding carboxylic acids is 1. The first-order chi connectivity index (χ1) is 13.1. The van der Waals surface area contributed by atoms with Crippen LogP contribution in [0.4, 0.5) is 5.69 Å². The second-order valence-corrected chi connectivity index (χ2v) is 8.92. The highest BCUT2D eigenvalue weighted by molar-refractivity contribution is 7.89. The minimum absolute atomic E-state index is 0.135. The van der Waals surface area contributed by atoms with Crippen LogP contribution in [0.15, 0.2) is 53.4 Å². The zero-order valence-corrected chi connectivity index (χ0v) is 17.9. The SMILES string of the molecule is CNC(=O)c1ccc(CN(C)C(=S)Nc2cccc(S(=O)(=O)N(C)C)c2)cc1. The van der Waals surface area contributed by atoms with Crippen molar-refractivity contribution in [1.29, 1.82) is 0 Å². The van der Waals surface area contributed by atoms with Crippen LogP contribution in [0.2, 0.25) is 0 Å². The molecule has 2 aromatic carbocycles. The van der Waals surface area contributed by atoms with Crippen LogP contribution in [0.5, 0.6) is 0 Å². The number of anilines is 1. The minimum atomic E-state index is -3.51. The lowest BCUT2D eigenvalue weighted by Gasteiger charge is -2.21. The maximum Gasteiger partial charge on any atom is 0.251 e. The second kappa shape index (κ2) is 9.13. The highest BCUT2D eigenvalue weighted by Gasteiger charge is 2.17. The van der Waals surface area contributed by atoms with Gasteiger partial charge in [0.25, 0.3) is 5.91 Å². The summed E-state index contributed by atoms with van der Waals surface area (Å²) < 4.78 is 25.7. The summed E-state index contributed by atoms with van der Waals surface area (Å²) in [5.41, 5.74) is 2.17. The number of nitrogens with one attached hydrogen (secondary N) is 2. The van der Waals surface area contributed by atoms with Gasteiger partial charge >= 0.3 is 0 Å². The third-order valence-corrected chi connectivity index (χ3v) is 6.30. The summed E-state index contributed by atoms with van der Waals surface area (Å²) in [6.07, 6.45) is 0. The topological polar surface area (TPSA) is 81.8 Å². The van der Waals surface area contributed by atoms with E-state index in [-0.39, 0.29) is 10.8 Å². The number of nitrogens with zero attached hydrogens (tertiary/aromatic N) is 2. The number of benzene rings is 2. The van der Waals surface area contributed by atoms with Crippen molar-refractivity contribution in [1.82, 2.24) is 14.5 Å². The van der Waals surface area contributed by atoms with Crippen LogP contribution in [0.3, 0.4) is 0 Å². The van der Waals surface area contributed by atoms with E-state index in [0.29, 0.717) is 22.9 Å². The molecule has 0 bridgehead atoms. The van der Waals surface area contributed by atoms with Crippen molar-refractivity contribution < 1.29 is 13.2 Å². The zero-order chi connectivity index (χ0) is 20.9. The van der Waals surface area contributed by atoms with E-state index in [2.05, 4.69) is 10.6 Å². The van der Waals surface area contributed by atoms with Gasteiger partial charge in [-0.05, 0) is 48.1 Å². The third kappa shape index (κ3) is 5.28. The van der Waals surface area contributed by atoms with Crippen molar-refractivity contribution in [2.45, 2.75) is 11.4 Å². The fraction of sp³-hybridized carbons (Fsp3) is 0.263. The summed E-state index contributed by atoms with van der Waals surface area (Å²) in [4.78, 5) is 13.6. The molecule has 9 heteroatoms. The Morgan fingerprint density at radius 3 is 2.29 bits per heavy atom. The van der Waals surface area contributed by atoms with Crippen molar-refractivity contribution in [3.05, 3.63) is 59.7 Å². The van der Waals surface area contributed by atoms with Crippen LogP contribution in [0.1, 0.15) is 15.9 Å². The van der Waals surface area contributed by atoms with E-state index in [1.165, 1.54) is 18.4 Å². The summed E-state index contributed by atoms with van der Waals surface area (Å²) in [5, 5.41) is 6.10. The summed E-state index contributed by atoms with van der Waals surface area (Å²) in [7, 11) is 2.89. The summed E-state index contributed by atoms with van der Waals surface area (Å²) in [6.45, 7) is 0.537. The average molecular weight is 421 g/mol. The van der Waals surface area contributed by atoms with Crippen molar-refractivity contribution in [2.75, 3.05) is 33.5 Å². The predicted molar refractivity (Wildman–Crippen MR) is 115 cm³/mol. The molecule has 0 fully saturated rings. The molecule has 0 unspecified atom stereocenters. The highest BCUT2D eigenvalue weighted by atomic mass is 32.2. The van der Waals surface area contributed by atoms with Gasteiger partial charge in [0, 0.05) is 46.0 Å². The molecule has 0 aliphatic carbocycles. The van der Waals surface area contributed by atoms with E-state index in [1.807, 2.05) is 24.1 Å². The molecule has 2 N–H and O–H groups in total. The first kappa shape index (κ1) is 21.8. The molecule has 0 heterocycles. The molecule has 0 spiro atoms. The van der Waals surface area contributed by atoms with Gasteiger partial charge in [0.15, 0.2) is 5.11 Å². The number of thiocarbonyl (C=S) groups is 1. The Balaban J connectivity index is 2.06. The third-order valence-electron chi connectivity index (χ3n) is 4.07. The molecule has 150 valence electrons. The standard InChI is InChI=1S/C19H24N4O3S2/c1-20-18(24)15-10-8-14(9-11-15)13-23(4)19(27)21-16-6-5-7-17(12-16)28(25,26)22(2)3/h5-12H,13H2,1-4H3,(H,20,24)(H,21,27). The van der Waals surface area contributed by atoms with Gasteiger partial charge in [0.05, 0.1) is 4.90 Å². The Hall–Kier alpha value is -2.49. The van der Waals surface area contributed by atoms with Gasteiger partial charge in [-0.25, -0.2) is 12.7 Å². The van der Waals surface area contributed by atoms with E-state index in [4.69, 9.17) is 12.2 Å². The van der Waals surface area contributed by atoms with Crippen molar-refractivity contribution in [2.24, 2.45) is 0 Å². The Kier molecular flexibility index (Phi) is 7.11. The first-order valence-electron chi connectivity index (χ1n) is 8.51. The van der Waals surface area contributed by atoms with E-state index < -0.39 is 10.0 Å². The van der Waals surface area contributed by atoms with Gasteiger partial charge in [0.1, 0.15) is 0 Å². The molecule has 0 aliphatic heterocycles. The Morgan fingerprint density at radius 2 is 1.71 bits per heavy atom. The molecule has 0 saturated heterocycles. The highest BCUT2D eigenvalue weighted by Crippen LogP contribution is 2.18. The minimum Gasteiger partial charge on any atom is -0.355 e. The molecule has 0 radical (unpaired) electrons. The van der Waals surface area contributed by atoms with Gasteiger partial charge in [-0.1, -0.05) is 18.2 Å². The fourth-order valence-electron chi connectivity index (χ4n) is 2.42. The molecule has 0 aliphatic rings. The molecule has 1 amide bonds. The van der Waals surface area contributed by atoms with E-state index in [1.54, 1.807) is 43.4 Å². The molecule has 28 heavy (non-hydrogen) atoms. The lowest BCUT2D eigenvalue weighted by Crippen LogP contribution is -2.30. The first-order valence-corrected chi connectivity index (χ1v) is 10.4. The van der Waals surface area contributed by atoms with Crippen molar-refractivity contribution >= 4 is 38.9 Å². The maximum atomic E-state index is 12.3. The van der Waals surface area contributed by atoms with Crippen LogP contribution in [0.25, 0.3) is 0 Å². The average Bonchev–Trinajstić information content (AvgIpc) is 2.68. The van der Waals surface area contributed by atoms with E-state index in [9.17, 15) is 13.2 Å². The van der Waals surface area contributed by atoms with Crippen LogP contribution < -0.4 is 10.6 Å². The molecule has 0 atom stereocenters. The van der Waals surface area contributed by atoms with Gasteiger partial charge in [-0.3, -0.25) is 4.79 Å². The smallest absolute Gasteiger partial charge is 0.251 e. The normalized spacial score (nSPS) is 11.2. The number of sulfonamides is 1. The fourth-order valence-corrected chi connectivity index (χ4v) is 3.55. The zero-order valence-electron chi connectivity index (χ0n) is 16.3. The predicted octanol–water partition coefficient (Wildman–Crippen LogP) is 2.13. The monoisotopic (exact) mass is 420 g/mol.